The Morgan fingerprint density at radius 3 is 2.67 bits per heavy atom. The molecule has 0 aliphatic carbocycles. The lowest BCUT2D eigenvalue weighted by Gasteiger charge is -2.37. The predicted octanol–water partition coefficient (Wildman–Crippen LogP) is 1.82. The molecule has 2 heterocycles. The van der Waals surface area contributed by atoms with E-state index in [1.54, 1.807) is 0 Å². The monoisotopic (exact) mass is 229 g/mol. The first-order chi connectivity index (χ1) is 7.12. The Hall–Kier alpha value is -0.220. The second-order valence-electron chi connectivity index (χ2n) is 4.81. The Kier molecular flexibility index (Phi) is 3.26. The van der Waals surface area contributed by atoms with Crippen molar-refractivity contribution in [3.63, 3.8) is 0 Å². The Bertz CT molecular complexity index is 253. The van der Waals surface area contributed by atoms with Gasteiger partial charge in [0.2, 0.25) is 0 Å². The van der Waals surface area contributed by atoms with Gasteiger partial charge in [0.25, 0.3) is 0 Å². The highest BCUT2D eigenvalue weighted by Gasteiger charge is 2.45. The minimum Gasteiger partial charge on any atom is -0.481 e. The average molecular weight is 229 g/mol. The van der Waals surface area contributed by atoms with Gasteiger partial charge in [0, 0.05) is 16.5 Å². The number of thioether (sulfide) groups is 1. The smallest absolute Gasteiger partial charge is 0.305 e. The predicted molar refractivity (Wildman–Crippen MR) is 62.3 cm³/mol. The highest BCUT2D eigenvalue weighted by Crippen LogP contribution is 2.42. The topological polar surface area (TPSA) is 40.5 Å². The van der Waals surface area contributed by atoms with Crippen LogP contribution in [0, 0.1) is 0 Å². The number of hydrogen-bond acceptors (Lipinski definition) is 3. The van der Waals surface area contributed by atoms with Gasteiger partial charge in [-0.25, -0.2) is 0 Å². The van der Waals surface area contributed by atoms with Crippen LogP contribution in [0.1, 0.15) is 32.6 Å². The molecule has 15 heavy (non-hydrogen) atoms. The third kappa shape index (κ3) is 2.31. The maximum atomic E-state index is 11.0. The van der Waals surface area contributed by atoms with Gasteiger partial charge in [-0.2, -0.15) is 11.8 Å². The molecule has 0 aromatic rings. The van der Waals surface area contributed by atoms with Crippen molar-refractivity contribution < 1.29 is 9.90 Å². The van der Waals surface area contributed by atoms with Crippen molar-refractivity contribution in [3.05, 3.63) is 0 Å². The van der Waals surface area contributed by atoms with Crippen LogP contribution in [0.2, 0.25) is 0 Å². The van der Waals surface area contributed by atoms with E-state index >= 15 is 0 Å². The first-order valence-electron chi connectivity index (χ1n) is 5.71. The molecule has 0 bridgehead atoms. The van der Waals surface area contributed by atoms with Crippen molar-refractivity contribution >= 4 is 17.7 Å². The number of carboxylic acids is 1. The summed E-state index contributed by atoms with van der Waals surface area (Å²) >= 11 is 1.93. The van der Waals surface area contributed by atoms with Crippen molar-refractivity contribution in [3.8, 4) is 0 Å². The molecule has 3 nitrogen and oxygen atoms in total. The van der Waals surface area contributed by atoms with Gasteiger partial charge in [0.1, 0.15) is 0 Å². The lowest BCUT2D eigenvalue weighted by atomic mass is 9.90. The number of aliphatic carboxylic acids is 1. The minimum absolute atomic E-state index is 0.0353. The molecule has 2 aliphatic heterocycles. The number of nitrogens with zero attached hydrogens (tertiary/aromatic N) is 1. The molecule has 1 N–H and O–H groups in total. The van der Waals surface area contributed by atoms with Crippen LogP contribution in [-0.2, 0) is 4.79 Å². The summed E-state index contributed by atoms with van der Waals surface area (Å²) in [6.07, 6.45) is 3.84. The van der Waals surface area contributed by atoms with Crippen molar-refractivity contribution in [2.75, 3.05) is 18.8 Å². The quantitative estimate of drug-likeness (QED) is 0.801. The van der Waals surface area contributed by atoms with Gasteiger partial charge in [-0.1, -0.05) is 6.92 Å². The third-order valence-corrected chi connectivity index (χ3v) is 5.00. The molecular formula is C11H19NO2S. The van der Waals surface area contributed by atoms with Gasteiger partial charge in [-0.05, 0) is 32.4 Å². The summed E-state index contributed by atoms with van der Waals surface area (Å²) in [6, 6.07) is 0. The third-order valence-electron chi connectivity index (χ3n) is 3.56. The molecule has 4 heteroatoms. The Morgan fingerprint density at radius 2 is 2.20 bits per heavy atom. The van der Waals surface area contributed by atoms with E-state index in [1.807, 2.05) is 11.8 Å². The van der Waals surface area contributed by atoms with Crippen LogP contribution in [0.25, 0.3) is 0 Å². The standard InChI is InChI=1S/C11H19NO2S/c1-9-6-11(8-15-9,7-10(13)14)12-4-2-3-5-12/h9H,2-8H2,1H3,(H,13,14). The van der Waals surface area contributed by atoms with Crippen LogP contribution < -0.4 is 0 Å². The summed E-state index contributed by atoms with van der Waals surface area (Å²) in [4.78, 5) is 13.4. The molecule has 0 amide bonds. The Morgan fingerprint density at radius 1 is 1.53 bits per heavy atom. The molecule has 2 aliphatic rings. The molecule has 2 unspecified atom stereocenters. The summed E-state index contributed by atoms with van der Waals surface area (Å²) in [5.74, 6) is 0.358. The zero-order valence-corrected chi connectivity index (χ0v) is 10.1. The average Bonchev–Trinajstić information content (AvgIpc) is 2.74. The van der Waals surface area contributed by atoms with E-state index in [-0.39, 0.29) is 5.54 Å². The van der Waals surface area contributed by atoms with Gasteiger partial charge < -0.3 is 5.11 Å². The van der Waals surface area contributed by atoms with E-state index in [9.17, 15) is 4.79 Å². The maximum absolute atomic E-state index is 11.0. The molecule has 2 rings (SSSR count). The van der Waals surface area contributed by atoms with E-state index in [0.717, 1.165) is 25.3 Å². The fraction of sp³-hybridized carbons (Fsp3) is 0.909. The van der Waals surface area contributed by atoms with Crippen LogP contribution in [-0.4, -0.2) is 45.6 Å². The number of rotatable bonds is 3. The summed E-state index contributed by atoms with van der Waals surface area (Å²) in [5, 5.41) is 9.67. The van der Waals surface area contributed by atoms with Crippen molar-refractivity contribution in [1.82, 2.24) is 4.90 Å². The second-order valence-corrected chi connectivity index (χ2v) is 6.24. The van der Waals surface area contributed by atoms with E-state index in [4.69, 9.17) is 5.11 Å². The summed E-state index contributed by atoms with van der Waals surface area (Å²) < 4.78 is 0. The Balaban J connectivity index is 2.11. The summed E-state index contributed by atoms with van der Waals surface area (Å²) in [7, 11) is 0. The minimum atomic E-state index is -0.642. The number of carbonyl (C=O) groups is 1. The molecule has 2 atom stereocenters. The first kappa shape index (κ1) is 11.3. The molecular weight excluding hydrogens is 210 g/mol. The largest absolute Gasteiger partial charge is 0.481 e. The van der Waals surface area contributed by atoms with Crippen molar-refractivity contribution in [2.45, 2.75) is 43.4 Å². The van der Waals surface area contributed by atoms with Gasteiger partial charge in [0.15, 0.2) is 0 Å². The normalized spacial score (nSPS) is 37.3. The lowest BCUT2D eigenvalue weighted by Crippen LogP contribution is -2.49. The van der Waals surface area contributed by atoms with Crippen LogP contribution in [0.3, 0.4) is 0 Å². The molecule has 2 saturated heterocycles. The van der Waals surface area contributed by atoms with Gasteiger partial charge in [-0.3, -0.25) is 9.69 Å². The van der Waals surface area contributed by atoms with Crippen molar-refractivity contribution in [1.29, 1.82) is 0 Å². The molecule has 0 aromatic carbocycles. The zero-order valence-electron chi connectivity index (χ0n) is 9.24. The van der Waals surface area contributed by atoms with Crippen LogP contribution in [0.15, 0.2) is 0 Å². The number of carboxylic acid groups (broad SMARTS) is 1. The SMILES string of the molecule is CC1CC(CC(=O)O)(N2CCCC2)CS1. The molecule has 86 valence electrons. The second kappa shape index (κ2) is 4.34. The molecule has 0 spiro atoms. The van der Waals surface area contributed by atoms with Crippen molar-refractivity contribution in [2.24, 2.45) is 0 Å². The molecule has 0 aromatic heterocycles. The van der Waals surface area contributed by atoms with Gasteiger partial charge in [0.05, 0.1) is 6.42 Å². The highest BCUT2D eigenvalue weighted by molar-refractivity contribution is 8.00. The van der Waals surface area contributed by atoms with E-state index < -0.39 is 5.97 Å². The van der Waals surface area contributed by atoms with Crippen LogP contribution in [0.4, 0.5) is 0 Å². The fourth-order valence-electron chi connectivity index (χ4n) is 2.88. The number of hydrogen-bond donors (Lipinski definition) is 1. The number of likely N-dealkylation sites (tertiary alicyclic amines) is 1. The maximum Gasteiger partial charge on any atom is 0.305 e. The van der Waals surface area contributed by atoms with E-state index in [0.29, 0.717) is 11.7 Å². The van der Waals surface area contributed by atoms with E-state index in [2.05, 4.69) is 11.8 Å². The van der Waals surface area contributed by atoms with Gasteiger partial charge >= 0.3 is 5.97 Å². The Labute approximate surface area is 95.2 Å². The van der Waals surface area contributed by atoms with Gasteiger partial charge in [-0.15, -0.1) is 0 Å². The first-order valence-corrected chi connectivity index (χ1v) is 6.76. The zero-order chi connectivity index (χ0) is 10.9. The molecule has 0 saturated carbocycles. The van der Waals surface area contributed by atoms with Crippen LogP contribution >= 0.6 is 11.8 Å². The summed E-state index contributed by atoms with van der Waals surface area (Å²) in [6.45, 7) is 4.41. The molecule has 2 fully saturated rings. The molecule has 0 radical (unpaired) electrons. The lowest BCUT2D eigenvalue weighted by molar-refractivity contribution is -0.140. The summed E-state index contributed by atoms with van der Waals surface area (Å²) in [5.41, 5.74) is -0.0353. The fourth-order valence-corrected chi connectivity index (χ4v) is 4.30. The van der Waals surface area contributed by atoms with E-state index in [1.165, 1.54) is 12.8 Å². The van der Waals surface area contributed by atoms with Crippen LogP contribution in [0.5, 0.6) is 0 Å². The highest BCUT2D eigenvalue weighted by atomic mass is 32.2.